The zero-order valence-corrected chi connectivity index (χ0v) is 8.11. The van der Waals surface area contributed by atoms with Gasteiger partial charge in [-0.1, -0.05) is 12.1 Å². The Morgan fingerprint density at radius 1 is 1.33 bits per heavy atom. The number of benzene rings is 1. The van der Waals surface area contributed by atoms with Gasteiger partial charge in [0.15, 0.2) is 0 Å². The highest BCUT2D eigenvalue weighted by Gasteiger charge is 2.12. The van der Waals surface area contributed by atoms with E-state index >= 15 is 0 Å². The Morgan fingerprint density at radius 3 is 2.60 bits per heavy atom. The molecule has 6 nitrogen and oxygen atoms in total. The fourth-order valence-corrected chi connectivity index (χ4v) is 0.972. The number of carbonyl (C=O) groups excluding carboxylic acids is 2. The molecule has 15 heavy (non-hydrogen) atoms. The molecule has 4 N–H and O–H groups in total. The lowest BCUT2D eigenvalue weighted by atomic mass is 10.2. The highest BCUT2D eigenvalue weighted by molar-refractivity contribution is 5.97. The van der Waals surface area contributed by atoms with E-state index in [1.165, 1.54) is 19.2 Å². The number of para-hydroxylation sites is 1. The van der Waals surface area contributed by atoms with Crippen LogP contribution in [0.3, 0.4) is 0 Å². The van der Waals surface area contributed by atoms with Gasteiger partial charge in [-0.05, 0) is 12.1 Å². The molecule has 0 atom stereocenters. The summed E-state index contributed by atoms with van der Waals surface area (Å²) >= 11 is 0. The number of hydrogen-bond donors (Lipinski definition) is 3. The van der Waals surface area contributed by atoms with Crippen LogP contribution in [0.4, 0.5) is 4.79 Å². The molecule has 0 bridgehead atoms. The number of hydrogen-bond acceptors (Lipinski definition) is 4. The van der Waals surface area contributed by atoms with Gasteiger partial charge in [-0.15, -0.1) is 0 Å². The number of amides is 2. The maximum Gasteiger partial charge on any atom is 0.412 e. The molecule has 1 aromatic carbocycles. The molecular formula is C9H11N3O3. The number of carbonyl (C=O) groups is 2. The van der Waals surface area contributed by atoms with Gasteiger partial charge in [-0.25, -0.2) is 10.6 Å². The molecule has 0 spiro atoms. The molecule has 0 saturated carbocycles. The van der Waals surface area contributed by atoms with Crippen molar-refractivity contribution in [3.63, 3.8) is 0 Å². The van der Waals surface area contributed by atoms with Crippen LogP contribution in [0.2, 0.25) is 0 Å². The summed E-state index contributed by atoms with van der Waals surface area (Å²) in [6.45, 7) is 0. The third-order valence-corrected chi connectivity index (χ3v) is 1.67. The Hall–Kier alpha value is -2.08. The second-order valence-corrected chi connectivity index (χ2v) is 2.61. The summed E-state index contributed by atoms with van der Waals surface area (Å²) in [4.78, 5) is 22.2. The molecule has 1 aromatic rings. The van der Waals surface area contributed by atoms with Crippen LogP contribution in [-0.4, -0.2) is 19.0 Å². The van der Waals surface area contributed by atoms with E-state index in [0.29, 0.717) is 0 Å². The van der Waals surface area contributed by atoms with Crippen LogP contribution in [-0.2, 0) is 0 Å². The molecule has 2 amide bonds. The summed E-state index contributed by atoms with van der Waals surface area (Å²) < 4.78 is 4.85. The molecule has 0 aliphatic heterocycles. The van der Waals surface area contributed by atoms with E-state index in [4.69, 9.17) is 10.6 Å². The SMILES string of the molecule is CNC(=O)Oc1ccccc1C(=O)NN. The van der Waals surface area contributed by atoms with E-state index in [1.807, 2.05) is 5.43 Å². The van der Waals surface area contributed by atoms with Crippen molar-refractivity contribution in [2.24, 2.45) is 5.84 Å². The molecule has 80 valence electrons. The van der Waals surface area contributed by atoms with Gasteiger partial charge in [0.1, 0.15) is 5.75 Å². The van der Waals surface area contributed by atoms with Crippen molar-refractivity contribution in [1.29, 1.82) is 0 Å². The van der Waals surface area contributed by atoms with E-state index in [1.54, 1.807) is 12.1 Å². The lowest BCUT2D eigenvalue weighted by Gasteiger charge is -2.07. The van der Waals surface area contributed by atoms with Gasteiger partial charge in [0.25, 0.3) is 5.91 Å². The van der Waals surface area contributed by atoms with Crippen molar-refractivity contribution >= 4 is 12.0 Å². The number of rotatable bonds is 2. The predicted octanol–water partition coefficient (Wildman–Crippen LogP) is 0.00830. The van der Waals surface area contributed by atoms with E-state index in [2.05, 4.69) is 5.32 Å². The molecule has 0 aliphatic rings. The maximum absolute atomic E-state index is 11.3. The quantitative estimate of drug-likeness (QED) is 0.363. The van der Waals surface area contributed by atoms with Crippen molar-refractivity contribution in [2.45, 2.75) is 0 Å². The molecule has 1 rings (SSSR count). The van der Waals surface area contributed by atoms with Crippen LogP contribution in [0.25, 0.3) is 0 Å². The minimum Gasteiger partial charge on any atom is -0.410 e. The third-order valence-electron chi connectivity index (χ3n) is 1.67. The fourth-order valence-electron chi connectivity index (χ4n) is 0.972. The Morgan fingerprint density at radius 2 is 2.00 bits per heavy atom. The van der Waals surface area contributed by atoms with Gasteiger partial charge >= 0.3 is 6.09 Å². The highest BCUT2D eigenvalue weighted by Crippen LogP contribution is 2.17. The Balaban J connectivity index is 2.96. The number of nitrogens with two attached hydrogens (primary N) is 1. The molecule has 0 aromatic heterocycles. The standard InChI is InChI=1S/C9H11N3O3/c1-11-9(14)15-7-5-3-2-4-6(7)8(13)12-10/h2-5H,10H2,1H3,(H,11,14)(H,12,13). The van der Waals surface area contributed by atoms with E-state index < -0.39 is 12.0 Å². The molecule has 0 unspecified atom stereocenters. The van der Waals surface area contributed by atoms with Gasteiger partial charge < -0.3 is 10.1 Å². The summed E-state index contributed by atoms with van der Waals surface area (Å²) in [7, 11) is 1.42. The van der Waals surface area contributed by atoms with Crippen molar-refractivity contribution < 1.29 is 14.3 Å². The van der Waals surface area contributed by atoms with Gasteiger partial charge in [0.2, 0.25) is 0 Å². The molecule has 0 saturated heterocycles. The molecule has 0 radical (unpaired) electrons. The number of hydrazine groups is 1. The zero-order chi connectivity index (χ0) is 11.3. The smallest absolute Gasteiger partial charge is 0.410 e. The van der Waals surface area contributed by atoms with Gasteiger partial charge in [-0.3, -0.25) is 10.2 Å². The molecule has 0 aliphatic carbocycles. The van der Waals surface area contributed by atoms with Crippen LogP contribution in [0.5, 0.6) is 5.75 Å². The monoisotopic (exact) mass is 209 g/mol. The van der Waals surface area contributed by atoms with E-state index in [0.717, 1.165) is 0 Å². The second kappa shape index (κ2) is 4.97. The van der Waals surface area contributed by atoms with Crippen molar-refractivity contribution in [1.82, 2.24) is 10.7 Å². The molecular weight excluding hydrogens is 198 g/mol. The maximum atomic E-state index is 11.3. The number of nitrogens with one attached hydrogen (secondary N) is 2. The largest absolute Gasteiger partial charge is 0.412 e. The topological polar surface area (TPSA) is 93.4 Å². The number of ether oxygens (including phenoxy) is 1. The van der Waals surface area contributed by atoms with Crippen molar-refractivity contribution in [3.8, 4) is 5.75 Å². The van der Waals surface area contributed by atoms with Crippen LogP contribution in [0.1, 0.15) is 10.4 Å². The average molecular weight is 209 g/mol. The summed E-state index contributed by atoms with van der Waals surface area (Å²) in [5.41, 5.74) is 2.16. The average Bonchev–Trinajstić information content (AvgIpc) is 2.28. The minimum absolute atomic E-state index is 0.153. The summed E-state index contributed by atoms with van der Waals surface area (Å²) in [5, 5.41) is 2.27. The summed E-state index contributed by atoms with van der Waals surface area (Å²) in [5.74, 6) is 4.61. The first-order valence-electron chi connectivity index (χ1n) is 4.18. The van der Waals surface area contributed by atoms with E-state index in [9.17, 15) is 9.59 Å². The van der Waals surface area contributed by atoms with Crippen LogP contribution >= 0.6 is 0 Å². The second-order valence-electron chi connectivity index (χ2n) is 2.61. The van der Waals surface area contributed by atoms with Gasteiger partial charge in [0.05, 0.1) is 5.56 Å². The fraction of sp³-hybridized carbons (Fsp3) is 0.111. The first-order valence-corrected chi connectivity index (χ1v) is 4.18. The Labute approximate surface area is 86.4 Å². The first kappa shape index (κ1) is 11.0. The molecule has 0 fully saturated rings. The lowest BCUT2D eigenvalue weighted by molar-refractivity contribution is 0.0951. The van der Waals surface area contributed by atoms with Crippen LogP contribution < -0.4 is 21.3 Å². The predicted molar refractivity (Wildman–Crippen MR) is 53.2 cm³/mol. The van der Waals surface area contributed by atoms with Crippen LogP contribution in [0.15, 0.2) is 24.3 Å². The first-order chi connectivity index (χ1) is 7.19. The van der Waals surface area contributed by atoms with Crippen LogP contribution in [0, 0.1) is 0 Å². The number of nitrogen functional groups attached to an aromatic ring is 1. The Bertz CT molecular complexity index is 379. The van der Waals surface area contributed by atoms with Gasteiger partial charge in [-0.2, -0.15) is 0 Å². The van der Waals surface area contributed by atoms with Gasteiger partial charge in [0, 0.05) is 7.05 Å². The molecule has 0 heterocycles. The van der Waals surface area contributed by atoms with Crippen molar-refractivity contribution in [3.05, 3.63) is 29.8 Å². The van der Waals surface area contributed by atoms with Crippen molar-refractivity contribution in [2.75, 3.05) is 7.05 Å². The summed E-state index contributed by atoms with van der Waals surface area (Å²) in [6, 6.07) is 6.28. The highest BCUT2D eigenvalue weighted by atomic mass is 16.6. The zero-order valence-electron chi connectivity index (χ0n) is 8.11. The normalized spacial score (nSPS) is 9.20. The lowest BCUT2D eigenvalue weighted by Crippen LogP contribution is -2.31. The third kappa shape index (κ3) is 2.68. The Kier molecular flexibility index (Phi) is 3.64. The summed E-state index contributed by atoms with van der Waals surface area (Å²) in [6.07, 6.45) is -0.646. The minimum atomic E-state index is -0.646. The molecule has 6 heteroatoms. The van der Waals surface area contributed by atoms with E-state index in [-0.39, 0.29) is 11.3 Å².